The molecule has 0 saturated carbocycles. The average Bonchev–Trinajstić information content (AvgIpc) is 2.78. The molecular formula is C10H18N6. The van der Waals surface area contributed by atoms with Gasteiger partial charge in [-0.1, -0.05) is 0 Å². The van der Waals surface area contributed by atoms with Gasteiger partial charge in [0.15, 0.2) is 5.82 Å². The van der Waals surface area contributed by atoms with Gasteiger partial charge >= 0.3 is 0 Å². The van der Waals surface area contributed by atoms with Crippen LogP contribution in [0, 0.1) is 0 Å². The summed E-state index contributed by atoms with van der Waals surface area (Å²) < 4.78 is 0. The second-order valence-electron chi connectivity index (χ2n) is 4.26. The number of rotatable bonds is 3. The molecule has 1 aliphatic rings. The van der Waals surface area contributed by atoms with Crippen molar-refractivity contribution in [3.8, 4) is 0 Å². The third-order valence-corrected chi connectivity index (χ3v) is 2.99. The highest BCUT2D eigenvalue weighted by Crippen LogP contribution is 2.20. The molecule has 0 aromatic carbocycles. The monoisotopic (exact) mass is 222 g/mol. The van der Waals surface area contributed by atoms with E-state index in [1.165, 1.54) is 0 Å². The van der Waals surface area contributed by atoms with Gasteiger partial charge in [-0.05, 0) is 20.5 Å². The number of nitrogens with one attached hydrogen (secondary N) is 1. The highest BCUT2D eigenvalue weighted by Gasteiger charge is 2.24. The predicted octanol–water partition coefficient (Wildman–Crippen LogP) is -0.0975. The Kier molecular flexibility index (Phi) is 3.21. The van der Waals surface area contributed by atoms with E-state index in [-0.39, 0.29) is 0 Å². The number of anilines is 2. The van der Waals surface area contributed by atoms with Crippen LogP contribution in [0.2, 0.25) is 0 Å². The standard InChI is InChI=1S/C10H18N6/c1-15(2)8-3-4-16(7-8)10-6-12-5-9(13-10)14-11/h5-6,8H,3-4,7,11H2,1-2H3,(H,13,14). The number of nitrogens with two attached hydrogens (primary N) is 1. The first-order valence-corrected chi connectivity index (χ1v) is 5.40. The summed E-state index contributed by atoms with van der Waals surface area (Å²) in [5.74, 6) is 6.80. The lowest BCUT2D eigenvalue weighted by molar-refractivity contribution is 0.315. The van der Waals surface area contributed by atoms with Gasteiger partial charge in [0, 0.05) is 19.1 Å². The van der Waals surface area contributed by atoms with Gasteiger partial charge in [0.2, 0.25) is 0 Å². The summed E-state index contributed by atoms with van der Waals surface area (Å²) in [5.41, 5.74) is 2.51. The zero-order valence-electron chi connectivity index (χ0n) is 9.72. The van der Waals surface area contributed by atoms with E-state index in [2.05, 4.69) is 39.3 Å². The maximum Gasteiger partial charge on any atom is 0.160 e. The largest absolute Gasteiger partial charge is 0.354 e. The summed E-state index contributed by atoms with van der Waals surface area (Å²) >= 11 is 0. The van der Waals surface area contributed by atoms with Crippen LogP contribution >= 0.6 is 0 Å². The molecule has 0 aliphatic carbocycles. The van der Waals surface area contributed by atoms with Gasteiger partial charge in [-0.2, -0.15) is 0 Å². The van der Waals surface area contributed by atoms with Gasteiger partial charge in [-0.3, -0.25) is 4.98 Å². The summed E-state index contributed by atoms with van der Waals surface area (Å²) in [6.07, 6.45) is 4.55. The predicted molar refractivity (Wildman–Crippen MR) is 64.1 cm³/mol. The fourth-order valence-corrected chi connectivity index (χ4v) is 1.95. The van der Waals surface area contributed by atoms with Gasteiger partial charge in [0.25, 0.3) is 0 Å². The Bertz CT molecular complexity index is 353. The topological polar surface area (TPSA) is 70.3 Å². The lowest BCUT2D eigenvalue weighted by atomic mass is 10.2. The normalized spacial score (nSPS) is 20.5. The number of nitrogen functional groups attached to an aromatic ring is 1. The molecule has 6 nitrogen and oxygen atoms in total. The Morgan fingerprint density at radius 3 is 2.94 bits per heavy atom. The molecule has 1 aliphatic heterocycles. The zero-order valence-corrected chi connectivity index (χ0v) is 9.72. The van der Waals surface area contributed by atoms with Crippen molar-refractivity contribution in [2.75, 3.05) is 37.5 Å². The van der Waals surface area contributed by atoms with E-state index in [1.807, 2.05) is 0 Å². The zero-order chi connectivity index (χ0) is 11.5. The van der Waals surface area contributed by atoms with Crippen LogP contribution in [0.15, 0.2) is 12.4 Å². The van der Waals surface area contributed by atoms with E-state index in [9.17, 15) is 0 Å². The molecule has 0 amide bonds. The molecule has 0 spiro atoms. The molecule has 16 heavy (non-hydrogen) atoms. The number of hydrogen-bond donors (Lipinski definition) is 2. The van der Waals surface area contributed by atoms with Crippen molar-refractivity contribution in [3.05, 3.63) is 12.4 Å². The number of nitrogens with zero attached hydrogens (tertiary/aromatic N) is 4. The quantitative estimate of drug-likeness (QED) is 0.550. The summed E-state index contributed by atoms with van der Waals surface area (Å²) in [5, 5.41) is 0. The van der Waals surface area contributed by atoms with E-state index < -0.39 is 0 Å². The second kappa shape index (κ2) is 4.63. The number of aromatic nitrogens is 2. The Labute approximate surface area is 95.4 Å². The Morgan fingerprint density at radius 2 is 2.31 bits per heavy atom. The fraction of sp³-hybridized carbons (Fsp3) is 0.600. The number of hydrazine groups is 1. The highest BCUT2D eigenvalue weighted by molar-refractivity contribution is 5.44. The Morgan fingerprint density at radius 1 is 1.50 bits per heavy atom. The molecule has 0 radical (unpaired) electrons. The number of hydrogen-bond acceptors (Lipinski definition) is 6. The van der Waals surface area contributed by atoms with Crippen LogP contribution in [0.25, 0.3) is 0 Å². The molecule has 1 saturated heterocycles. The van der Waals surface area contributed by atoms with E-state index >= 15 is 0 Å². The highest BCUT2D eigenvalue weighted by atomic mass is 15.3. The smallest absolute Gasteiger partial charge is 0.160 e. The van der Waals surface area contributed by atoms with Crippen LogP contribution in [0.1, 0.15) is 6.42 Å². The van der Waals surface area contributed by atoms with Crippen LogP contribution in [-0.2, 0) is 0 Å². The van der Waals surface area contributed by atoms with Crippen molar-refractivity contribution in [1.29, 1.82) is 0 Å². The summed E-state index contributed by atoms with van der Waals surface area (Å²) in [6, 6.07) is 0.594. The molecule has 1 aromatic rings. The van der Waals surface area contributed by atoms with Crippen LogP contribution < -0.4 is 16.2 Å². The van der Waals surface area contributed by atoms with Gasteiger partial charge in [0.1, 0.15) is 5.82 Å². The summed E-state index contributed by atoms with van der Waals surface area (Å²) in [6.45, 7) is 2.02. The minimum absolute atomic E-state index is 0.594. The molecule has 88 valence electrons. The third kappa shape index (κ3) is 2.23. The first-order chi connectivity index (χ1) is 7.70. The molecule has 1 unspecified atom stereocenters. The first kappa shape index (κ1) is 11.1. The average molecular weight is 222 g/mol. The van der Waals surface area contributed by atoms with Crippen LogP contribution in [0.5, 0.6) is 0 Å². The van der Waals surface area contributed by atoms with E-state index in [1.54, 1.807) is 12.4 Å². The number of likely N-dealkylation sites (N-methyl/N-ethyl adjacent to an activating group) is 1. The molecule has 1 atom stereocenters. The van der Waals surface area contributed by atoms with Gasteiger partial charge < -0.3 is 15.2 Å². The molecule has 0 bridgehead atoms. The maximum atomic E-state index is 5.31. The maximum absolute atomic E-state index is 5.31. The lowest BCUT2D eigenvalue weighted by Gasteiger charge is -2.20. The fourth-order valence-electron chi connectivity index (χ4n) is 1.95. The molecule has 2 heterocycles. The van der Waals surface area contributed by atoms with Crippen molar-refractivity contribution >= 4 is 11.6 Å². The van der Waals surface area contributed by atoms with Crippen molar-refractivity contribution in [3.63, 3.8) is 0 Å². The van der Waals surface area contributed by atoms with Crippen LogP contribution in [0.4, 0.5) is 11.6 Å². The Hall–Kier alpha value is -1.40. The molecule has 3 N–H and O–H groups in total. The first-order valence-electron chi connectivity index (χ1n) is 5.40. The molecule has 6 heteroatoms. The second-order valence-corrected chi connectivity index (χ2v) is 4.26. The SMILES string of the molecule is CN(C)C1CCN(c2cncc(NN)n2)C1. The molecule has 1 aromatic heterocycles. The minimum atomic E-state index is 0.594. The molecule has 2 rings (SSSR count). The van der Waals surface area contributed by atoms with Crippen molar-refractivity contribution in [2.24, 2.45) is 5.84 Å². The van der Waals surface area contributed by atoms with Crippen LogP contribution in [-0.4, -0.2) is 48.1 Å². The van der Waals surface area contributed by atoms with E-state index in [0.717, 1.165) is 25.3 Å². The van der Waals surface area contributed by atoms with Gasteiger partial charge in [-0.25, -0.2) is 10.8 Å². The van der Waals surface area contributed by atoms with Crippen molar-refractivity contribution < 1.29 is 0 Å². The molecule has 1 fully saturated rings. The summed E-state index contributed by atoms with van der Waals surface area (Å²) in [4.78, 5) is 13.0. The minimum Gasteiger partial charge on any atom is -0.354 e. The third-order valence-electron chi connectivity index (χ3n) is 2.99. The van der Waals surface area contributed by atoms with Crippen molar-refractivity contribution in [1.82, 2.24) is 14.9 Å². The van der Waals surface area contributed by atoms with Crippen molar-refractivity contribution in [2.45, 2.75) is 12.5 Å². The van der Waals surface area contributed by atoms with Gasteiger partial charge in [0.05, 0.1) is 12.4 Å². The Balaban J connectivity index is 2.08. The van der Waals surface area contributed by atoms with Gasteiger partial charge in [-0.15, -0.1) is 0 Å². The van der Waals surface area contributed by atoms with E-state index in [0.29, 0.717) is 11.9 Å². The lowest BCUT2D eigenvalue weighted by Crippen LogP contribution is -2.31. The molecular weight excluding hydrogens is 204 g/mol. The van der Waals surface area contributed by atoms with E-state index in [4.69, 9.17) is 5.84 Å². The summed E-state index contributed by atoms with van der Waals surface area (Å²) in [7, 11) is 4.22. The van der Waals surface area contributed by atoms with Crippen LogP contribution in [0.3, 0.4) is 0 Å².